The Morgan fingerprint density at radius 1 is 1.05 bits per heavy atom. The topological polar surface area (TPSA) is 37.3 Å². The molecule has 4 heteroatoms. The number of Topliss-reactive ketones (excluding diaryl/α,β-unsaturated/α-hetero) is 1. The van der Waals surface area contributed by atoms with Crippen LogP contribution in [0.3, 0.4) is 0 Å². The van der Waals surface area contributed by atoms with E-state index >= 15 is 0 Å². The lowest BCUT2D eigenvalue weighted by atomic mass is 10.00. The van der Waals surface area contributed by atoms with E-state index in [0.29, 0.717) is 19.3 Å². The molecule has 0 heterocycles. The molecule has 112 valence electrons. The van der Waals surface area contributed by atoms with Crippen LogP contribution in [-0.2, 0) is 11.2 Å². The predicted octanol–water partition coefficient (Wildman–Crippen LogP) is 3.77. The van der Waals surface area contributed by atoms with Crippen molar-refractivity contribution < 1.29 is 18.7 Å². The molecular formula is C16H22F2O2. The van der Waals surface area contributed by atoms with E-state index in [4.69, 9.17) is 5.11 Å². The Kier molecular flexibility index (Phi) is 7.37. The highest BCUT2D eigenvalue weighted by molar-refractivity contribution is 5.85. The summed E-state index contributed by atoms with van der Waals surface area (Å²) in [6.45, 7) is 0.112. The molecular weight excluding hydrogens is 262 g/mol. The molecule has 1 aromatic carbocycles. The Balaban J connectivity index is 2.29. The van der Waals surface area contributed by atoms with Gasteiger partial charge in [-0.25, -0.2) is 0 Å². The molecule has 0 aliphatic heterocycles. The predicted molar refractivity (Wildman–Crippen MR) is 74.9 cm³/mol. The largest absolute Gasteiger partial charge is 0.396 e. The maximum absolute atomic E-state index is 13.7. The van der Waals surface area contributed by atoms with E-state index in [-0.39, 0.29) is 19.4 Å². The smallest absolute Gasteiger partial charge is 0.305 e. The molecule has 0 radical (unpaired) electrons. The first-order valence-electron chi connectivity index (χ1n) is 7.12. The Morgan fingerprint density at radius 3 is 2.35 bits per heavy atom. The van der Waals surface area contributed by atoms with Crippen molar-refractivity contribution in [2.45, 2.75) is 50.9 Å². The average Bonchev–Trinajstić information content (AvgIpc) is 2.46. The molecule has 2 nitrogen and oxygen atoms in total. The molecule has 0 unspecified atom stereocenters. The van der Waals surface area contributed by atoms with E-state index in [1.165, 1.54) is 0 Å². The van der Waals surface area contributed by atoms with Gasteiger partial charge in [-0.1, -0.05) is 43.2 Å². The molecule has 1 rings (SSSR count). The molecule has 0 aromatic heterocycles. The van der Waals surface area contributed by atoms with Crippen molar-refractivity contribution in [3.8, 4) is 0 Å². The number of halogens is 2. The second kappa shape index (κ2) is 8.80. The minimum absolute atomic E-state index is 0.0762. The number of aliphatic hydroxyl groups is 1. The highest BCUT2D eigenvalue weighted by Crippen LogP contribution is 2.24. The summed E-state index contributed by atoms with van der Waals surface area (Å²) in [7, 11) is 0. The first-order valence-corrected chi connectivity index (χ1v) is 7.12. The number of benzene rings is 1. The zero-order chi connectivity index (χ0) is 14.8. The number of carbonyl (C=O) groups excluding carboxylic acids is 1. The third-order valence-corrected chi connectivity index (χ3v) is 3.29. The average molecular weight is 284 g/mol. The fraction of sp³-hybridized carbons (Fsp3) is 0.562. The van der Waals surface area contributed by atoms with Gasteiger partial charge >= 0.3 is 5.92 Å². The summed E-state index contributed by atoms with van der Waals surface area (Å²) in [6.07, 6.45) is 2.34. The van der Waals surface area contributed by atoms with E-state index in [1.54, 1.807) is 24.3 Å². The van der Waals surface area contributed by atoms with Gasteiger partial charge < -0.3 is 5.11 Å². The third kappa shape index (κ3) is 6.24. The highest BCUT2D eigenvalue weighted by atomic mass is 19.3. The second-order valence-electron chi connectivity index (χ2n) is 5.00. The van der Waals surface area contributed by atoms with Crippen LogP contribution < -0.4 is 0 Å². The summed E-state index contributed by atoms with van der Waals surface area (Å²) in [5.74, 6) is -4.19. The summed E-state index contributed by atoms with van der Waals surface area (Å²) in [5.41, 5.74) is 0.822. The van der Waals surface area contributed by atoms with E-state index in [1.807, 2.05) is 6.07 Å². The fourth-order valence-electron chi connectivity index (χ4n) is 2.02. The number of alkyl halides is 2. The van der Waals surface area contributed by atoms with Crippen LogP contribution in [0, 0.1) is 0 Å². The molecule has 0 aliphatic carbocycles. The Bertz CT molecular complexity index is 391. The zero-order valence-electron chi connectivity index (χ0n) is 11.7. The molecule has 0 spiro atoms. The monoisotopic (exact) mass is 284 g/mol. The minimum atomic E-state index is -3.23. The van der Waals surface area contributed by atoms with Crippen molar-refractivity contribution >= 4 is 5.78 Å². The van der Waals surface area contributed by atoms with Crippen LogP contribution >= 0.6 is 0 Å². The van der Waals surface area contributed by atoms with E-state index < -0.39 is 18.1 Å². The number of aryl methyl sites for hydroxylation is 1. The SMILES string of the molecule is O=C(CCCCCCO)C(F)(F)CCc1ccccc1. The van der Waals surface area contributed by atoms with Gasteiger partial charge in [-0.05, 0) is 24.8 Å². The van der Waals surface area contributed by atoms with Gasteiger partial charge in [-0.15, -0.1) is 0 Å². The van der Waals surface area contributed by atoms with E-state index in [2.05, 4.69) is 0 Å². The van der Waals surface area contributed by atoms with E-state index in [9.17, 15) is 13.6 Å². The molecule has 0 amide bonds. The number of carbonyl (C=O) groups is 1. The van der Waals surface area contributed by atoms with E-state index in [0.717, 1.165) is 12.0 Å². The lowest BCUT2D eigenvalue weighted by Gasteiger charge is -2.15. The van der Waals surface area contributed by atoms with Gasteiger partial charge in [0, 0.05) is 19.4 Å². The summed E-state index contributed by atoms with van der Waals surface area (Å²) in [5, 5.41) is 8.60. The number of aliphatic hydroxyl groups excluding tert-OH is 1. The van der Waals surface area contributed by atoms with Crippen molar-refractivity contribution in [2.24, 2.45) is 0 Å². The molecule has 0 atom stereocenters. The van der Waals surface area contributed by atoms with Crippen LogP contribution in [0.1, 0.15) is 44.1 Å². The first-order chi connectivity index (χ1) is 9.56. The standard InChI is InChI=1S/C16H22F2O2/c17-16(18,12-11-14-8-4-3-5-9-14)15(20)10-6-1-2-7-13-19/h3-5,8-9,19H,1-2,6-7,10-13H2. The molecule has 20 heavy (non-hydrogen) atoms. The number of unbranched alkanes of at least 4 members (excludes halogenated alkanes) is 3. The number of rotatable bonds is 10. The maximum Gasteiger partial charge on any atom is 0.305 e. The van der Waals surface area contributed by atoms with Crippen LogP contribution in [-0.4, -0.2) is 23.4 Å². The first kappa shape index (κ1) is 16.8. The molecule has 0 bridgehead atoms. The summed E-state index contributed by atoms with van der Waals surface area (Å²) < 4.78 is 27.4. The van der Waals surface area contributed by atoms with Crippen molar-refractivity contribution in [1.29, 1.82) is 0 Å². The Hall–Kier alpha value is -1.29. The normalized spacial score (nSPS) is 11.6. The van der Waals surface area contributed by atoms with Crippen LogP contribution in [0.5, 0.6) is 0 Å². The van der Waals surface area contributed by atoms with Gasteiger partial charge in [0.15, 0.2) is 0 Å². The molecule has 0 aliphatic rings. The lowest BCUT2D eigenvalue weighted by molar-refractivity contribution is -0.144. The maximum atomic E-state index is 13.7. The van der Waals surface area contributed by atoms with Gasteiger partial charge in [-0.3, -0.25) is 4.79 Å². The molecule has 1 aromatic rings. The number of hydrogen-bond donors (Lipinski definition) is 1. The number of hydrogen-bond acceptors (Lipinski definition) is 2. The lowest BCUT2D eigenvalue weighted by Crippen LogP contribution is -2.29. The molecule has 0 fully saturated rings. The van der Waals surface area contributed by atoms with Gasteiger partial charge in [0.2, 0.25) is 5.78 Å². The van der Waals surface area contributed by atoms with Crippen LogP contribution in [0.25, 0.3) is 0 Å². The minimum Gasteiger partial charge on any atom is -0.396 e. The van der Waals surface area contributed by atoms with Gasteiger partial charge in [0.1, 0.15) is 0 Å². The van der Waals surface area contributed by atoms with Gasteiger partial charge in [0.05, 0.1) is 0 Å². The number of ketones is 1. The van der Waals surface area contributed by atoms with Crippen LogP contribution in [0.15, 0.2) is 30.3 Å². The van der Waals surface area contributed by atoms with Crippen LogP contribution in [0.4, 0.5) is 8.78 Å². The second-order valence-corrected chi connectivity index (χ2v) is 5.00. The summed E-state index contributed by atoms with van der Waals surface area (Å²) >= 11 is 0. The van der Waals surface area contributed by atoms with Crippen molar-refractivity contribution in [1.82, 2.24) is 0 Å². The quantitative estimate of drug-likeness (QED) is 0.664. The fourth-order valence-corrected chi connectivity index (χ4v) is 2.02. The molecule has 0 saturated carbocycles. The molecule has 1 N–H and O–H groups in total. The zero-order valence-corrected chi connectivity index (χ0v) is 11.7. The van der Waals surface area contributed by atoms with Gasteiger partial charge in [0.25, 0.3) is 0 Å². The summed E-state index contributed by atoms with van der Waals surface area (Å²) in [6, 6.07) is 9.01. The van der Waals surface area contributed by atoms with Crippen LogP contribution in [0.2, 0.25) is 0 Å². The highest BCUT2D eigenvalue weighted by Gasteiger charge is 2.36. The Morgan fingerprint density at radius 2 is 1.70 bits per heavy atom. The summed E-state index contributed by atoms with van der Waals surface area (Å²) in [4.78, 5) is 11.5. The van der Waals surface area contributed by atoms with Gasteiger partial charge in [-0.2, -0.15) is 8.78 Å². The van der Waals surface area contributed by atoms with Crippen molar-refractivity contribution in [2.75, 3.05) is 6.61 Å². The molecule has 0 saturated heterocycles. The van der Waals surface area contributed by atoms with Crippen molar-refractivity contribution in [3.63, 3.8) is 0 Å². The Labute approximate surface area is 118 Å². The third-order valence-electron chi connectivity index (χ3n) is 3.29. The van der Waals surface area contributed by atoms with Crippen molar-refractivity contribution in [3.05, 3.63) is 35.9 Å².